The van der Waals surface area contributed by atoms with Crippen molar-refractivity contribution in [3.05, 3.63) is 295 Å². The van der Waals surface area contributed by atoms with Crippen molar-refractivity contribution < 1.29 is 0 Å². The average Bonchev–Trinajstić information content (AvgIpc) is 3.71. The molecule has 310 valence electrons. The molecule has 0 saturated heterocycles. The summed E-state index contributed by atoms with van der Waals surface area (Å²) in [7, 11) is 0. The first-order valence-electron chi connectivity index (χ1n) is 22.8. The number of hydrogen-bond acceptors (Lipinski definition) is 1. The minimum Gasteiger partial charge on any atom is -0.310 e. The Kier molecular flexibility index (Phi) is 9.81. The SMILES string of the molecule is c1ccc(-c2ccc(N(c3cccc(C4(c5ccccc5)c5ccccc5-c5ccccc54)c3)c3cc(-c4ccccc4)ccc3-c3ccccc3-c3cccc4ccccc34)cc2)cc1. The Morgan fingerprint density at radius 3 is 1.41 bits per heavy atom. The van der Waals surface area contributed by atoms with Crippen molar-refractivity contribution in [2.45, 2.75) is 5.41 Å². The molecular formula is C65H45N. The van der Waals surface area contributed by atoms with Gasteiger partial charge in [0.15, 0.2) is 0 Å². The normalized spacial score (nSPS) is 12.4. The zero-order valence-electron chi connectivity index (χ0n) is 36.4. The fourth-order valence-corrected chi connectivity index (χ4v) is 10.6. The molecule has 0 spiro atoms. The van der Waals surface area contributed by atoms with Crippen LogP contribution < -0.4 is 4.90 Å². The average molecular weight is 840 g/mol. The second-order valence-corrected chi connectivity index (χ2v) is 17.2. The molecular weight excluding hydrogens is 795 g/mol. The molecule has 0 aliphatic heterocycles. The molecule has 0 unspecified atom stereocenters. The van der Waals surface area contributed by atoms with Gasteiger partial charge in [-0.25, -0.2) is 0 Å². The maximum atomic E-state index is 2.49. The number of fused-ring (bicyclic) bond motifs is 4. The van der Waals surface area contributed by atoms with Crippen LogP contribution in [0.5, 0.6) is 0 Å². The maximum absolute atomic E-state index is 2.49. The van der Waals surface area contributed by atoms with Crippen molar-refractivity contribution in [1.82, 2.24) is 0 Å². The molecule has 0 aromatic heterocycles. The molecule has 0 fully saturated rings. The molecule has 0 N–H and O–H groups in total. The molecule has 11 aromatic rings. The van der Waals surface area contributed by atoms with Crippen LogP contribution in [-0.2, 0) is 5.41 Å². The van der Waals surface area contributed by atoms with E-state index in [2.05, 4.69) is 278 Å². The fourth-order valence-electron chi connectivity index (χ4n) is 10.6. The molecule has 1 heteroatoms. The summed E-state index contributed by atoms with van der Waals surface area (Å²) in [6, 6.07) is 100. The van der Waals surface area contributed by atoms with Crippen molar-refractivity contribution in [1.29, 1.82) is 0 Å². The summed E-state index contributed by atoms with van der Waals surface area (Å²) in [6.45, 7) is 0. The molecule has 0 bridgehead atoms. The molecule has 1 nitrogen and oxygen atoms in total. The van der Waals surface area contributed by atoms with E-state index in [1.165, 1.54) is 77.5 Å². The van der Waals surface area contributed by atoms with Gasteiger partial charge in [-0.3, -0.25) is 0 Å². The molecule has 12 rings (SSSR count). The Labute approximate surface area is 387 Å². The van der Waals surface area contributed by atoms with Gasteiger partial charge in [-0.15, -0.1) is 0 Å². The smallest absolute Gasteiger partial charge is 0.0714 e. The molecule has 0 saturated carbocycles. The predicted molar refractivity (Wildman–Crippen MR) is 278 cm³/mol. The first-order chi connectivity index (χ1) is 32.8. The van der Waals surface area contributed by atoms with Gasteiger partial charge in [-0.2, -0.15) is 0 Å². The summed E-state index contributed by atoms with van der Waals surface area (Å²) in [5.74, 6) is 0. The van der Waals surface area contributed by atoms with Gasteiger partial charge in [0, 0.05) is 16.9 Å². The summed E-state index contributed by atoms with van der Waals surface area (Å²) in [6.07, 6.45) is 0. The Morgan fingerprint density at radius 1 is 0.258 bits per heavy atom. The summed E-state index contributed by atoms with van der Waals surface area (Å²) in [4.78, 5) is 2.49. The third-order valence-corrected chi connectivity index (χ3v) is 13.6. The molecule has 66 heavy (non-hydrogen) atoms. The van der Waals surface area contributed by atoms with Crippen molar-refractivity contribution in [2.75, 3.05) is 4.90 Å². The van der Waals surface area contributed by atoms with Crippen molar-refractivity contribution in [3.8, 4) is 55.6 Å². The van der Waals surface area contributed by atoms with Crippen LogP contribution in [0.15, 0.2) is 273 Å². The maximum Gasteiger partial charge on any atom is 0.0714 e. The Bertz CT molecular complexity index is 3470. The van der Waals surface area contributed by atoms with Gasteiger partial charge in [-0.05, 0) is 113 Å². The Balaban J connectivity index is 1.14. The first kappa shape index (κ1) is 39.1. The monoisotopic (exact) mass is 839 g/mol. The summed E-state index contributed by atoms with van der Waals surface area (Å²) >= 11 is 0. The minimum absolute atomic E-state index is 0.553. The van der Waals surface area contributed by atoms with E-state index in [0.717, 1.165) is 28.2 Å². The van der Waals surface area contributed by atoms with E-state index in [1.807, 2.05) is 0 Å². The molecule has 11 aromatic carbocycles. The van der Waals surface area contributed by atoms with Crippen molar-refractivity contribution in [3.63, 3.8) is 0 Å². The topological polar surface area (TPSA) is 3.24 Å². The lowest BCUT2D eigenvalue weighted by Gasteiger charge is -2.35. The van der Waals surface area contributed by atoms with E-state index in [-0.39, 0.29) is 0 Å². The van der Waals surface area contributed by atoms with Crippen LogP contribution in [0.3, 0.4) is 0 Å². The third kappa shape index (κ3) is 6.56. The van der Waals surface area contributed by atoms with Crippen LogP contribution in [0.2, 0.25) is 0 Å². The lowest BCUT2D eigenvalue weighted by Crippen LogP contribution is -2.28. The number of benzene rings is 11. The highest BCUT2D eigenvalue weighted by atomic mass is 15.1. The summed E-state index contributed by atoms with van der Waals surface area (Å²) in [5, 5.41) is 2.46. The van der Waals surface area contributed by atoms with Crippen LogP contribution in [0.4, 0.5) is 17.1 Å². The predicted octanol–water partition coefficient (Wildman–Crippen LogP) is 17.3. The van der Waals surface area contributed by atoms with E-state index in [9.17, 15) is 0 Å². The van der Waals surface area contributed by atoms with Crippen LogP contribution >= 0.6 is 0 Å². The molecule has 1 aliphatic carbocycles. The van der Waals surface area contributed by atoms with Crippen molar-refractivity contribution >= 4 is 27.8 Å². The minimum atomic E-state index is -0.553. The number of anilines is 3. The van der Waals surface area contributed by atoms with Crippen LogP contribution in [0.1, 0.15) is 22.3 Å². The van der Waals surface area contributed by atoms with E-state index >= 15 is 0 Å². The van der Waals surface area contributed by atoms with Gasteiger partial charge in [0.05, 0.1) is 11.1 Å². The highest BCUT2D eigenvalue weighted by molar-refractivity contribution is 6.03. The van der Waals surface area contributed by atoms with E-state index < -0.39 is 5.41 Å². The number of hydrogen-bond donors (Lipinski definition) is 0. The second kappa shape index (κ2) is 16.6. The van der Waals surface area contributed by atoms with E-state index in [0.29, 0.717) is 0 Å². The van der Waals surface area contributed by atoms with Crippen LogP contribution in [0, 0.1) is 0 Å². The van der Waals surface area contributed by atoms with E-state index in [1.54, 1.807) is 0 Å². The van der Waals surface area contributed by atoms with Crippen LogP contribution in [0.25, 0.3) is 66.4 Å². The van der Waals surface area contributed by atoms with Gasteiger partial charge in [-0.1, -0.05) is 243 Å². The Hall–Kier alpha value is -8.52. The second-order valence-electron chi connectivity index (χ2n) is 17.2. The van der Waals surface area contributed by atoms with Gasteiger partial charge in [0.1, 0.15) is 0 Å². The third-order valence-electron chi connectivity index (χ3n) is 13.6. The largest absolute Gasteiger partial charge is 0.310 e. The molecule has 0 atom stereocenters. The van der Waals surface area contributed by atoms with Gasteiger partial charge >= 0.3 is 0 Å². The molecule has 0 amide bonds. The molecule has 1 aliphatic rings. The zero-order valence-corrected chi connectivity index (χ0v) is 36.4. The number of rotatable bonds is 9. The highest BCUT2D eigenvalue weighted by Crippen LogP contribution is 2.57. The van der Waals surface area contributed by atoms with Gasteiger partial charge in [0.25, 0.3) is 0 Å². The highest BCUT2D eigenvalue weighted by Gasteiger charge is 2.46. The molecule has 0 heterocycles. The summed E-state index contributed by atoms with van der Waals surface area (Å²) < 4.78 is 0. The van der Waals surface area contributed by atoms with Gasteiger partial charge in [0.2, 0.25) is 0 Å². The standard InChI is InChI=1S/C65H45N/c1-4-20-46(21-5-1)48-38-41-53(42-39-48)66(54-29-19-28-52(45-54)65(51-26-8-3-9-27-51)62-36-16-14-33-59(62)60-34-15-17-37-63(60)65)64-44-50(47-22-6-2-7-23-47)40-43-61(64)58-32-13-12-31-57(58)56-35-18-25-49-24-10-11-30-55(49)56/h1-45H. The zero-order chi connectivity index (χ0) is 43.9. The summed E-state index contributed by atoms with van der Waals surface area (Å²) in [5.41, 5.74) is 19.7. The number of nitrogens with zero attached hydrogens (tertiary/aromatic N) is 1. The lowest BCUT2D eigenvalue weighted by atomic mass is 9.67. The quantitative estimate of drug-likeness (QED) is 0.140. The Morgan fingerprint density at radius 2 is 0.727 bits per heavy atom. The lowest BCUT2D eigenvalue weighted by molar-refractivity contribution is 0.768. The fraction of sp³-hybridized carbons (Fsp3) is 0.0154. The van der Waals surface area contributed by atoms with Gasteiger partial charge < -0.3 is 4.90 Å². The van der Waals surface area contributed by atoms with Crippen LogP contribution in [-0.4, -0.2) is 0 Å². The van der Waals surface area contributed by atoms with Crippen molar-refractivity contribution in [2.24, 2.45) is 0 Å². The van der Waals surface area contributed by atoms with E-state index in [4.69, 9.17) is 0 Å². The first-order valence-corrected chi connectivity index (χ1v) is 22.8. The molecule has 0 radical (unpaired) electrons.